The first-order valence-electron chi connectivity index (χ1n) is 7.27. The van der Waals surface area contributed by atoms with E-state index in [2.05, 4.69) is 15.5 Å². The predicted octanol–water partition coefficient (Wildman–Crippen LogP) is 0.868. The van der Waals surface area contributed by atoms with Crippen molar-refractivity contribution in [2.45, 2.75) is 32.2 Å². The molecule has 0 radical (unpaired) electrons. The number of amides is 2. The number of anilines is 3. The fourth-order valence-corrected chi connectivity index (χ4v) is 3.09. The van der Waals surface area contributed by atoms with Gasteiger partial charge in [0.15, 0.2) is 0 Å². The summed E-state index contributed by atoms with van der Waals surface area (Å²) in [4.78, 5) is 24.8. The number of carbonyl (C=O) groups excluding carboxylic acids is 2. The lowest BCUT2D eigenvalue weighted by molar-refractivity contribution is -0.119. The summed E-state index contributed by atoms with van der Waals surface area (Å²) in [5, 5.41) is 5.84. The molecule has 1 aromatic rings. The summed E-state index contributed by atoms with van der Waals surface area (Å²) < 4.78 is 0. The number of rotatable bonds is 2. The van der Waals surface area contributed by atoms with Crippen molar-refractivity contribution < 1.29 is 9.59 Å². The topological polar surface area (TPSA) is 87.5 Å². The average molecular weight is 288 g/mol. The van der Waals surface area contributed by atoms with Gasteiger partial charge >= 0.3 is 0 Å². The number of nitrogens with two attached hydrogens (primary N) is 1. The highest BCUT2D eigenvalue weighted by molar-refractivity contribution is 5.95. The second-order valence-corrected chi connectivity index (χ2v) is 5.75. The van der Waals surface area contributed by atoms with Crippen LogP contribution in [-0.4, -0.2) is 30.9 Å². The molecule has 1 unspecified atom stereocenters. The highest BCUT2D eigenvalue weighted by atomic mass is 16.2. The highest BCUT2D eigenvalue weighted by Gasteiger charge is 2.26. The van der Waals surface area contributed by atoms with Crippen molar-refractivity contribution in [1.82, 2.24) is 5.32 Å². The van der Waals surface area contributed by atoms with Crippen LogP contribution in [0.5, 0.6) is 0 Å². The smallest absolute Gasteiger partial charge is 0.224 e. The number of hydrogen-bond acceptors (Lipinski definition) is 4. The van der Waals surface area contributed by atoms with E-state index in [0.717, 1.165) is 48.6 Å². The van der Waals surface area contributed by atoms with Crippen LogP contribution in [0.15, 0.2) is 12.1 Å². The lowest BCUT2D eigenvalue weighted by Gasteiger charge is -2.25. The van der Waals surface area contributed by atoms with Gasteiger partial charge in [-0.05, 0) is 30.5 Å². The number of hydrogen-bond donors (Lipinski definition) is 3. The summed E-state index contributed by atoms with van der Waals surface area (Å²) in [5.41, 5.74) is 9.78. The Morgan fingerprint density at radius 3 is 3.00 bits per heavy atom. The molecule has 2 aliphatic rings. The number of nitrogens with one attached hydrogen (secondary N) is 2. The molecular weight excluding hydrogens is 268 g/mol. The Morgan fingerprint density at radius 1 is 1.43 bits per heavy atom. The van der Waals surface area contributed by atoms with Gasteiger partial charge < -0.3 is 21.3 Å². The Morgan fingerprint density at radius 2 is 2.24 bits per heavy atom. The van der Waals surface area contributed by atoms with E-state index in [9.17, 15) is 9.59 Å². The van der Waals surface area contributed by atoms with Crippen LogP contribution in [0.2, 0.25) is 0 Å². The van der Waals surface area contributed by atoms with Crippen molar-refractivity contribution in [1.29, 1.82) is 0 Å². The van der Waals surface area contributed by atoms with Gasteiger partial charge in [-0.15, -0.1) is 0 Å². The average Bonchev–Trinajstić information content (AvgIpc) is 2.86. The van der Waals surface area contributed by atoms with Gasteiger partial charge in [0.25, 0.3) is 0 Å². The normalized spacial score (nSPS) is 20.9. The van der Waals surface area contributed by atoms with E-state index < -0.39 is 0 Å². The minimum absolute atomic E-state index is 0.00692. The summed E-state index contributed by atoms with van der Waals surface area (Å²) >= 11 is 0. The Kier molecular flexibility index (Phi) is 3.45. The number of benzene rings is 1. The summed E-state index contributed by atoms with van der Waals surface area (Å²) in [6, 6.07) is 4.07. The number of aryl methyl sites for hydroxylation is 1. The van der Waals surface area contributed by atoms with E-state index in [1.165, 1.54) is 6.92 Å². The van der Waals surface area contributed by atoms with Gasteiger partial charge in [0.2, 0.25) is 11.8 Å². The Balaban J connectivity index is 1.81. The predicted molar refractivity (Wildman–Crippen MR) is 82.2 cm³/mol. The van der Waals surface area contributed by atoms with Gasteiger partial charge in [0.1, 0.15) is 0 Å². The van der Waals surface area contributed by atoms with E-state index >= 15 is 0 Å². The van der Waals surface area contributed by atoms with Gasteiger partial charge in [-0.3, -0.25) is 9.59 Å². The molecule has 21 heavy (non-hydrogen) atoms. The SMILES string of the molecule is CC(=O)NC1CCN(c2cc3c(cc2N)CCC(=O)N3)C1. The van der Waals surface area contributed by atoms with E-state index in [-0.39, 0.29) is 17.9 Å². The van der Waals surface area contributed by atoms with Crippen molar-refractivity contribution >= 4 is 28.9 Å². The van der Waals surface area contributed by atoms with Crippen LogP contribution in [0.25, 0.3) is 0 Å². The second kappa shape index (κ2) is 5.27. The zero-order chi connectivity index (χ0) is 15.0. The molecule has 0 aromatic heterocycles. The molecule has 112 valence electrons. The first-order chi connectivity index (χ1) is 10.0. The minimum Gasteiger partial charge on any atom is -0.397 e. The Labute approximate surface area is 123 Å². The third kappa shape index (κ3) is 2.79. The zero-order valence-corrected chi connectivity index (χ0v) is 12.1. The molecule has 0 spiro atoms. The molecule has 1 fully saturated rings. The van der Waals surface area contributed by atoms with Crippen LogP contribution >= 0.6 is 0 Å². The number of carbonyl (C=O) groups is 2. The van der Waals surface area contributed by atoms with Gasteiger partial charge in [-0.25, -0.2) is 0 Å². The molecule has 0 aliphatic carbocycles. The largest absolute Gasteiger partial charge is 0.397 e. The van der Waals surface area contributed by atoms with Crippen molar-refractivity contribution in [2.75, 3.05) is 29.0 Å². The maximum absolute atomic E-state index is 11.5. The summed E-state index contributed by atoms with van der Waals surface area (Å²) in [6.45, 7) is 3.13. The molecular formula is C15H20N4O2. The van der Waals surface area contributed by atoms with E-state index in [1.807, 2.05) is 12.1 Å². The quantitative estimate of drug-likeness (QED) is 0.705. The molecule has 1 saturated heterocycles. The minimum atomic E-state index is -0.00692. The molecule has 1 aromatic carbocycles. The number of fused-ring (bicyclic) bond motifs is 1. The zero-order valence-electron chi connectivity index (χ0n) is 12.1. The van der Waals surface area contributed by atoms with Crippen molar-refractivity contribution in [2.24, 2.45) is 0 Å². The van der Waals surface area contributed by atoms with Crippen LogP contribution < -0.4 is 21.3 Å². The monoisotopic (exact) mass is 288 g/mol. The maximum atomic E-state index is 11.5. The Hall–Kier alpha value is -2.24. The molecule has 0 bridgehead atoms. The number of nitrogens with zero attached hydrogens (tertiary/aromatic N) is 1. The van der Waals surface area contributed by atoms with Crippen LogP contribution in [0.3, 0.4) is 0 Å². The fourth-order valence-electron chi connectivity index (χ4n) is 3.09. The van der Waals surface area contributed by atoms with E-state index in [0.29, 0.717) is 6.42 Å². The first kappa shape index (κ1) is 13.7. The molecule has 2 heterocycles. The van der Waals surface area contributed by atoms with Crippen LogP contribution in [0, 0.1) is 0 Å². The van der Waals surface area contributed by atoms with Gasteiger partial charge in [-0.2, -0.15) is 0 Å². The lowest BCUT2D eigenvalue weighted by Crippen LogP contribution is -2.35. The number of nitrogen functional groups attached to an aromatic ring is 1. The fraction of sp³-hybridized carbons (Fsp3) is 0.467. The molecule has 1 atom stereocenters. The van der Waals surface area contributed by atoms with Crippen molar-refractivity contribution in [3.8, 4) is 0 Å². The third-order valence-corrected chi connectivity index (χ3v) is 4.08. The van der Waals surface area contributed by atoms with E-state index in [4.69, 9.17) is 5.73 Å². The molecule has 2 amide bonds. The van der Waals surface area contributed by atoms with Gasteiger partial charge in [0, 0.05) is 38.2 Å². The Bertz CT molecular complexity index is 600. The molecule has 3 rings (SSSR count). The van der Waals surface area contributed by atoms with Gasteiger partial charge in [0.05, 0.1) is 11.4 Å². The molecule has 0 saturated carbocycles. The maximum Gasteiger partial charge on any atom is 0.224 e. The van der Waals surface area contributed by atoms with Crippen molar-refractivity contribution in [3.05, 3.63) is 17.7 Å². The highest BCUT2D eigenvalue weighted by Crippen LogP contribution is 2.34. The molecule has 4 N–H and O–H groups in total. The summed E-state index contributed by atoms with van der Waals surface area (Å²) in [5.74, 6) is 0.0447. The molecule has 2 aliphatic heterocycles. The van der Waals surface area contributed by atoms with E-state index in [1.54, 1.807) is 0 Å². The van der Waals surface area contributed by atoms with Crippen LogP contribution in [0.1, 0.15) is 25.3 Å². The molecule has 6 heteroatoms. The second-order valence-electron chi connectivity index (χ2n) is 5.75. The summed E-state index contributed by atoms with van der Waals surface area (Å²) in [6.07, 6.45) is 2.16. The summed E-state index contributed by atoms with van der Waals surface area (Å²) in [7, 11) is 0. The first-order valence-corrected chi connectivity index (χ1v) is 7.27. The van der Waals surface area contributed by atoms with Crippen LogP contribution in [-0.2, 0) is 16.0 Å². The third-order valence-electron chi connectivity index (χ3n) is 4.08. The van der Waals surface area contributed by atoms with Gasteiger partial charge in [-0.1, -0.05) is 0 Å². The lowest BCUT2D eigenvalue weighted by atomic mass is 10.0. The van der Waals surface area contributed by atoms with Crippen LogP contribution in [0.4, 0.5) is 17.1 Å². The standard InChI is InChI=1S/C15H20N4O2/c1-9(20)17-11-4-5-19(8-11)14-7-13-10(6-12(14)16)2-3-15(21)18-13/h6-7,11H,2-5,8,16H2,1H3,(H,17,20)(H,18,21). The van der Waals surface area contributed by atoms with Crippen molar-refractivity contribution in [3.63, 3.8) is 0 Å². The molecule has 6 nitrogen and oxygen atoms in total.